The zero-order valence-corrected chi connectivity index (χ0v) is 12.9. The van der Waals surface area contributed by atoms with Crippen molar-refractivity contribution in [1.29, 1.82) is 0 Å². The molecule has 1 aromatic carbocycles. The molecule has 0 amide bonds. The summed E-state index contributed by atoms with van der Waals surface area (Å²) >= 11 is 0. The fourth-order valence-electron chi connectivity index (χ4n) is 2.54. The summed E-state index contributed by atoms with van der Waals surface area (Å²) in [7, 11) is -0.523. The minimum absolute atomic E-state index is 0.0283. The molecule has 1 heterocycles. The number of ether oxygens (including phenoxy) is 2. The molecule has 0 bridgehead atoms. The van der Waals surface area contributed by atoms with E-state index in [4.69, 9.17) is 9.47 Å². The molecule has 112 valence electrons. The Kier molecular flexibility index (Phi) is 4.55. The van der Waals surface area contributed by atoms with E-state index in [-0.39, 0.29) is 10.9 Å². The first-order valence-electron chi connectivity index (χ1n) is 6.74. The van der Waals surface area contributed by atoms with Crippen LogP contribution in [0.2, 0.25) is 0 Å². The van der Waals surface area contributed by atoms with E-state index in [9.17, 15) is 8.42 Å². The van der Waals surface area contributed by atoms with Crippen LogP contribution < -0.4 is 9.47 Å². The van der Waals surface area contributed by atoms with E-state index in [1.54, 1.807) is 22.5 Å². The highest BCUT2D eigenvalue weighted by Crippen LogP contribution is 2.33. The van der Waals surface area contributed by atoms with Gasteiger partial charge < -0.3 is 9.47 Å². The van der Waals surface area contributed by atoms with Crippen molar-refractivity contribution in [1.82, 2.24) is 4.31 Å². The summed E-state index contributed by atoms with van der Waals surface area (Å²) in [5.74, 6) is 0.898. The Morgan fingerprint density at radius 3 is 2.55 bits per heavy atom. The first-order valence-corrected chi connectivity index (χ1v) is 8.18. The highest BCUT2D eigenvalue weighted by atomic mass is 32.2. The number of piperidine rings is 1. The molecule has 0 unspecified atom stereocenters. The molecular formula is C14H21NO4S. The maximum Gasteiger partial charge on any atom is 0.247 e. The SMILES string of the molecule is COc1ccc(S(=O)(=O)N2CCCC[C@H]2C)c(OC)c1. The van der Waals surface area contributed by atoms with Crippen LogP contribution >= 0.6 is 0 Å². The van der Waals surface area contributed by atoms with Gasteiger partial charge in [0.05, 0.1) is 14.2 Å². The first kappa shape index (κ1) is 15.1. The highest BCUT2D eigenvalue weighted by Gasteiger charge is 2.33. The molecule has 0 spiro atoms. The summed E-state index contributed by atoms with van der Waals surface area (Å²) in [4.78, 5) is 0.203. The van der Waals surface area contributed by atoms with Gasteiger partial charge in [-0.15, -0.1) is 0 Å². The Bertz CT molecular complexity index is 571. The lowest BCUT2D eigenvalue weighted by Crippen LogP contribution is -2.42. The molecule has 20 heavy (non-hydrogen) atoms. The molecule has 0 N–H and O–H groups in total. The molecule has 1 aliphatic heterocycles. The van der Waals surface area contributed by atoms with E-state index in [1.807, 2.05) is 6.92 Å². The molecule has 1 saturated heterocycles. The Labute approximate surface area is 120 Å². The van der Waals surface area contributed by atoms with Gasteiger partial charge in [0, 0.05) is 18.7 Å². The molecule has 6 heteroatoms. The molecular weight excluding hydrogens is 278 g/mol. The summed E-state index contributed by atoms with van der Waals surface area (Å²) in [5, 5.41) is 0. The monoisotopic (exact) mass is 299 g/mol. The van der Waals surface area contributed by atoms with E-state index in [1.165, 1.54) is 14.2 Å². The van der Waals surface area contributed by atoms with Crippen LogP contribution in [0.25, 0.3) is 0 Å². The van der Waals surface area contributed by atoms with Crippen molar-refractivity contribution in [2.45, 2.75) is 37.1 Å². The third-order valence-corrected chi connectivity index (χ3v) is 5.75. The Hall–Kier alpha value is -1.27. The number of rotatable bonds is 4. The molecule has 0 saturated carbocycles. The van der Waals surface area contributed by atoms with E-state index >= 15 is 0 Å². The molecule has 1 aliphatic rings. The lowest BCUT2D eigenvalue weighted by Gasteiger charge is -2.32. The summed E-state index contributed by atoms with van der Waals surface area (Å²) in [6, 6.07) is 4.82. The van der Waals surface area contributed by atoms with Crippen LogP contribution in [-0.2, 0) is 10.0 Å². The number of hydrogen-bond donors (Lipinski definition) is 0. The second-order valence-corrected chi connectivity index (χ2v) is 6.84. The second kappa shape index (κ2) is 6.01. The van der Waals surface area contributed by atoms with Crippen molar-refractivity contribution in [2.75, 3.05) is 20.8 Å². The Balaban J connectivity index is 2.43. The van der Waals surface area contributed by atoms with Gasteiger partial charge in [0.2, 0.25) is 10.0 Å². The number of benzene rings is 1. The van der Waals surface area contributed by atoms with Crippen LogP contribution in [0.15, 0.2) is 23.1 Å². The highest BCUT2D eigenvalue weighted by molar-refractivity contribution is 7.89. The van der Waals surface area contributed by atoms with E-state index in [0.29, 0.717) is 18.0 Å². The summed E-state index contributed by atoms with van der Waals surface area (Å²) in [6.45, 7) is 2.52. The van der Waals surface area contributed by atoms with Crippen molar-refractivity contribution >= 4 is 10.0 Å². The largest absolute Gasteiger partial charge is 0.497 e. The molecule has 0 aliphatic carbocycles. The summed E-state index contributed by atoms with van der Waals surface area (Å²) in [6.07, 6.45) is 2.88. The fourth-order valence-corrected chi connectivity index (χ4v) is 4.38. The maximum absolute atomic E-state index is 12.8. The van der Waals surface area contributed by atoms with E-state index in [2.05, 4.69) is 0 Å². The maximum atomic E-state index is 12.8. The van der Waals surface area contributed by atoms with Crippen molar-refractivity contribution in [3.05, 3.63) is 18.2 Å². The fraction of sp³-hybridized carbons (Fsp3) is 0.571. The van der Waals surface area contributed by atoms with Gasteiger partial charge in [0.25, 0.3) is 0 Å². The predicted octanol–water partition coefficient (Wildman–Crippen LogP) is 2.27. The van der Waals surface area contributed by atoms with Gasteiger partial charge in [-0.2, -0.15) is 4.31 Å². The van der Waals surface area contributed by atoms with Gasteiger partial charge in [-0.1, -0.05) is 6.42 Å². The quantitative estimate of drug-likeness (QED) is 0.856. The van der Waals surface area contributed by atoms with Gasteiger partial charge in [-0.05, 0) is 31.9 Å². The van der Waals surface area contributed by atoms with Gasteiger partial charge >= 0.3 is 0 Å². The van der Waals surface area contributed by atoms with Crippen molar-refractivity contribution in [3.63, 3.8) is 0 Å². The third-order valence-electron chi connectivity index (χ3n) is 3.70. The van der Waals surface area contributed by atoms with Crippen LogP contribution in [0.5, 0.6) is 11.5 Å². The minimum atomic E-state index is -3.53. The summed E-state index contributed by atoms with van der Waals surface area (Å²) in [5.41, 5.74) is 0. The zero-order chi connectivity index (χ0) is 14.8. The normalized spacial score (nSPS) is 20.6. The minimum Gasteiger partial charge on any atom is -0.497 e. The second-order valence-electron chi connectivity index (χ2n) is 4.98. The van der Waals surface area contributed by atoms with Crippen molar-refractivity contribution < 1.29 is 17.9 Å². The van der Waals surface area contributed by atoms with Gasteiger partial charge in [-0.3, -0.25) is 0 Å². The van der Waals surface area contributed by atoms with Gasteiger partial charge in [-0.25, -0.2) is 8.42 Å². The molecule has 2 rings (SSSR count). The number of hydrogen-bond acceptors (Lipinski definition) is 4. The molecule has 0 radical (unpaired) electrons. The molecule has 1 fully saturated rings. The number of nitrogens with zero attached hydrogens (tertiary/aromatic N) is 1. The Morgan fingerprint density at radius 1 is 1.20 bits per heavy atom. The van der Waals surface area contributed by atoms with Crippen LogP contribution in [0.1, 0.15) is 26.2 Å². The molecule has 1 aromatic rings. The average Bonchev–Trinajstić information content (AvgIpc) is 2.46. The smallest absolute Gasteiger partial charge is 0.247 e. The number of methoxy groups -OCH3 is 2. The van der Waals surface area contributed by atoms with Crippen LogP contribution in [-0.4, -0.2) is 39.5 Å². The molecule has 5 nitrogen and oxygen atoms in total. The van der Waals surface area contributed by atoms with Crippen molar-refractivity contribution in [3.8, 4) is 11.5 Å². The lowest BCUT2D eigenvalue weighted by molar-refractivity contribution is 0.267. The predicted molar refractivity (Wildman–Crippen MR) is 76.8 cm³/mol. The Morgan fingerprint density at radius 2 is 1.95 bits per heavy atom. The number of sulfonamides is 1. The van der Waals surface area contributed by atoms with Crippen LogP contribution in [0.4, 0.5) is 0 Å². The molecule has 0 aromatic heterocycles. The summed E-state index contributed by atoms with van der Waals surface area (Å²) < 4.78 is 37.5. The van der Waals surface area contributed by atoms with E-state index in [0.717, 1.165) is 19.3 Å². The third kappa shape index (κ3) is 2.76. The van der Waals surface area contributed by atoms with Gasteiger partial charge in [0.15, 0.2) is 0 Å². The van der Waals surface area contributed by atoms with Gasteiger partial charge in [0.1, 0.15) is 16.4 Å². The zero-order valence-electron chi connectivity index (χ0n) is 12.1. The van der Waals surface area contributed by atoms with Crippen LogP contribution in [0.3, 0.4) is 0 Å². The topological polar surface area (TPSA) is 55.8 Å². The van der Waals surface area contributed by atoms with Crippen molar-refractivity contribution in [2.24, 2.45) is 0 Å². The van der Waals surface area contributed by atoms with E-state index < -0.39 is 10.0 Å². The molecule has 1 atom stereocenters. The standard InChI is InChI=1S/C14H21NO4S/c1-11-6-4-5-9-15(11)20(16,17)14-8-7-12(18-2)10-13(14)19-3/h7-8,10-11H,4-6,9H2,1-3H3/t11-/m1/s1. The van der Waals surface area contributed by atoms with Crippen LogP contribution in [0, 0.1) is 0 Å². The lowest BCUT2D eigenvalue weighted by atomic mass is 10.1. The average molecular weight is 299 g/mol. The first-order chi connectivity index (χ1) is 9.50.